The van der Waals surface area contributed by atoms with Crippen LogP contribution >= 0.6 is 46.1 Å². The minimum atomic E-state index is -0.551. The quantitative estimate of drug-likeness (QED) is 0.318. The Labute approximate surface area is 234 Å². The molecule has 0 atom stereocenters. The second kappa shape index (κ2) is 12.0. The van der Waals surface area contributed by atoms with Crippen LogP contribution in [0.15, 0.2) is 29.8 Å². The standard InChI is InChI=1S/C25H27Cl3N6O2S/c1-3-16-20(17(10-18(27)22(16)29)23(35)31-19-5-4-15(26)11-30-19)24(36)32-25-21(28)14(13-37-25)12-34-8-6-33(2)7-9-34/h4-5,10-11,13H,3,6-9,12,29H2,1-2H3,(H,32,36)(H,30,31,35). The van der Waals surface area contributed by atoms with E-state index in [9.17, 15) is 9.59 Å². The zero-order valence-electron chi connectivity index (χ0n) is 20.4. The number of nitrogen functional groups attached to an aromatic ring is 1. The number of thiophene rings is 1. The molecule has 0 unspecified atom stereocenters. The number of nitrogens with two attached hydrogens (primary N) is 1. The summed E-state index contributed by atoms with van der Waals surface area (Å²) in [6, 6.07) is 4.56. The first-order valence-electron chi connectivity index (χ1n) is 11.7. The number of halogens is 3. The van der Waals surface area contributed by atoms with Gasteiger partial charge in [-0.1, -0.05) is 41.7 Å². The number of nitrogens with one attached hydrogen (secondary N) is 2. The van der Waals surface area contributed by atoms with Gasteiger partial charge in [0.25, 0.3) is 11.8 Å². The normalized spacial score (nSPS) is 14.5. The summed E-state index contributed by atoms with van der Waals surface area (Å²) in [6.45, 7) is 6.45. The Morgan fingerprint density at radius 1 is 1.11 bits per heavy atom. The monoisotopic (exact) mass is 580 g/mol. The van der Waals surface area contributed by atoms with Crippen molar-refractivity contribution in [2.75, 3.05) is 49.6 Å². The van der Waals surface area contributed by atoms with Crippen molar-refractivity contribution in [3.05, 3.63) is 67.1 Å². The first-order chi connectivity index (χ1) is 17.7. The SMILES string of the molecule is CCc1c(N)c(Cl)cc(C(=O)Nc2ccc(Cl)cn2)c1C(=O)Nc1scc(CN2CCN(C)CC2)c1Cl. The van der Waals surface area contributed by atoms with E-state index in [1.54, 1.807) is 12.1 Å². The van der Waals surface area contributed by atoms with E-state index in [0.717, 1.165) is 31.7 Å². The minimum absolute atomic E-state index is 0.0793. The van der Waals surface area contributed by atoms with Gasteiger partial charge < -0.3 is 21.3 Å². The van der Waals surface area contributed by atoms with Gasteiger partial charge in [-0.25, -0.2) is 4.98 Å². The highest BCUT2D eigenvalue weighted by Gasteiger charge is 2.26. The molecular weight excluding hydrogens is 555 g/mol. The maximum Gasteiger partial charge on any atom is 0.257 e. The average Bonchev–Trinajstić information content (AvgIpc) is 3.21. The maximum absolute atomic E-state index is 13.6. The van der Waals surface area contributed by atoms with Crippen molar-refractivity contribution in [3.8, 4) is 0 Å². The summed E-state index contributed by atoms with van der Waals surface area (Å²) >= 11 is 20.2. The fourth-order valence-electron chi connectivity index (χ4n) is 4.14. The third-order valence-electron chi connectivity index (χ3n) is 6.24. The van der Waals surface area contributed by atoms with Gasteiger partial charge in [-0.3, -0.25) is 14.5 Å². The number of carbonyl (C=O) groups is 2. The lowest BCUT2D eigenvalue weighted by Crippen LogP contribution is -2.43. The molecule has 4 N–H and O–H groups in total. The molecule has 0 bridgehead atoms. The van der Waals surface area contributed by atoms with Crippen molar-refractivity contribution in [1.29, 1.82) is 0 Å². The summed E-state index contributed by atoms with van der Waals surface area (Å²) < 4.78 is 0. The van der Waals surface area contributed by atoms with Gasteiger partial charge in [0, 0.05) is 38.9 Å². The maximum atomic E-state index is 13.6. The fraction of sp³-hybridized carbons (Fsp3) is 0.320. The van der Waals surface area contributed by atoms with Gasteiger partial charge >= 0.3 is 0 Å². The van der Waals surface area contributed by atoms with Crippen molar-refractivity contribution < 1.29 is 9.59 Å². The smallest absolute Gasteiger partial charge is 0.257 e. The molecule has 196 valence electrons. The van der Waals surface area contributed by atoms with Crippen LogP contribution in [0.25, 0.3) is 0 Å². The molecule has 1 aliphatic rings. The van der Waals surface area contributed by atoms with Crippen molar-refractivity contribution in [2.45, 2.75) is 19.9 Å². The Morgan fingerprint density at radius 2 is 1.84 bits per heavy atom. The van der Waals surface area contributed by atoms with Crippen LogP contribution in [-0.2, 0) is 13.0 Å². The molecular formula is C25H27Cl3N6O2S. The highest BCUT2D eigenvalue weighted by molar-refractivity contribution is 7.15. The first kappa shape index (κ1) is 27.6. The third-order valence-corrected chi connectivity index (χ3v) is 8.26. The van der Waals surface area contributed by atoms with E-state index in [1.165, 1.54) is 23.6 Å². The Morgan fingerprint density at radius 3 is 2.49 bits per heavy atom. The summed E-state index contributed by atoms with van der Waals surface area (Å²) in [5.74, 6) is -0.768. The van der Waals surface area contributed by atoms with Gasteiger partial charge in [-0.2, -0.15) is 0 Å². The van der Waals surface area contributed by atoms with Crippen molar-refractivity contribution in [1.82, 2.24) is 14.8 Å². The lowest BCUT2D eigenvalue weighted by Gasteiger charge is -2.32. The summed E-state index contributed by atoms with van der Waals surface area (Å²) in [5.41, 5.74) is 8.11. The second-order valence-electron chi connectivity index (χ2n) is 8.78. The molecule has 1 saturated heterocycles. The van der Waals surface area contributed by atoms with Crippen LogP contribution < -0.4 is 16.4 Å². The van der Waals surface area contributed by atoms with E-state index < -0.39 is 11.8 Å². The van der Waals surface area contributed by atoms with Crippen LogP contribution in [0.1, 0.15) is 38.8 Å². The summed E-state index contributed by atoms with van der Waals surface area (Å²) in [4.78, 5) is 35.5. The van der Waals surface area contributed by atoms with Crippen LogP contribution in [0, 0.1) is 0 Å². The van der Waals surface area contributed by atoms with Gasteiger partial charge in [0.2, 0.25) is 0 Å². The number of hydrogen-bond acceptors (Lipinski definition) is 7. The molecule has 0 saturated carbocycles. The molecule has 3 heterocycles. The van der Waals surface area contributed by atoms with Crippen LogP contribution in [-0.4, -0.2) is 59.8 Å². The predicted octanol–water partition coefficient (Wildman–Crippen LogP) is 5.50. The highest BCUT2D eigenvalue weighted by Crippen LogP contribution is 2.36. The fourth-order valence-corrected chi connectivity index (χ4v) is 5.67. The number of aromatic nitrogens is 1. The number of piperazine rings is 1. The lowest BCUT2D eigenvalue weighted by molar-refractivity contribution is 0.0990. The molecule has 8 nitrogen and oxygen atoms in total. The van der Waals surface area contributed by atoms with Crippen molar-refractivity contribution in [3.63, 3.8) is 0 Å². The van der Waals surface area contributed by atoms with Gasteiger partial charge in [0.05, 0.1) is 31.9 Å². The second-order valence-corrected chi connectivity index (χ2v) is 10.9. The van der Waals surface area contributed by atoms with Crippen LogP contribution in [0.5, 0.6) is 0 Å². The molecule has 12 heteroatoms. The number of pyridine rings is 1. The molecule has 4 rings (SSSR count). The van der Waals surface area contributed by atoms with E-state index in [-0.39, 0.29) is 27.7 Å². The summed E-state index contributed by atoms with van der Waals surface area (Å²) in [6.07, 6.45) is 1.80. The number of likely N-dealkylation sites (N-methyl/N-ethyl adjacent to an activating group) is 1. The largest absolute Gasteiger partial charge is 0.397 e. The molecule has 2 aromatic heterocycles. The van der Waals surface area contributed by atoms with Crippen LogP contribution in [0.3, 0.4) is 0 Å². The van der Waals surface area contributed by atoms with Gasteiger partial charge in [-0.05, 0) is 48.2 Å². The Balaban J connectivity index is 1.60. The average molecular weight is 582 g/mol. The van der Waals surface area contributed by atoms with E-state index in [1.807, 2.05) is 12.3 Å². The van der Waals surface area contributed by atoms with E-state index in [0.29, 0.717) is 33.6 Å². The Hall–Kier alpha value is -2.40. The van der Waals surface area contributed by atoms with Crippen LogP contribution in [0.4, 0.5) is 16.5 Å². The zero-order valence-corrected chi connectivity index (χ0v) is 23.5. The zero-order chi connectivity index (χ0) is 26.7. The molecule has 1 aliphatic heterocycles. The number of hydrogen-bond donors (Lipinski definition) is 3. The van der Waals surface area contributed by atoms with Crippen LogP contribution in [0.2, 0.25) is 15.1 Å². The third kappa shape index (κ3) is 6.37. The molecule has 0 aliphatic carbocycles. The topological polar surface area (TPSA) is 104 Å². The molecule has 0 radical (unpaired) electrons. The number of carbonyl (C=O) groups excluding carboxylic acids is 2. The Bertz CT molecular complexity index is 1310. The number of amides is 2. The molecule has 1 aromatic carbocycles. The molecule has 3 aromatic rings. The molecule has 37 heavy (non-hydrogen) atoms. The summed E-state index contributed by atoms with van der Waals surface area (Å²) in [5, 5.41) is 9.15. The van der Waals surface area contributed by atoms with E-state index >= 15 is 0 Å². The Kier molecular flexibility index (Phi) is 8.94. The molecule has 2 amide bonds. The predicted molar refractivity (Wildman–Crippen MR) is 152 cm³/mol. The number of anilines is 3. The minimum Gasteiger partial charge on any atom is -0.397 e. The van der Waals surface area contributed by atoms with Crippen molar-refractivity contribution >= 4 is 74.5 Å². The molecule has 1 fully saturated rings. The first-order valence-corrected chi connectivity index (χ1v) is 13.7. The number of nitrogens with zero attached hydrogens (tertiary/aromatic N) is 3. The summed E-state index contributed by atoms with van der Waals surface area (Å²) in [7, 11) is 2.11. The lowest BCUT2D eigenvalue weighted by atomic mass is 9.96. The van der Waals surface area contributed by atoms with Crippen molar-refractivity contribution in [2.24, 2.45) is 0 Å². The van der Waals surface area contributed by atoms with Gasteiger partial charge in [0.1, 0.15) is 10.8 Å². The van der Waals surface area contributed by atoms with Gasteiger partial charge in [0.15, 0.2) is 0 Å². The van der Waals surface area contributed by atoms with E-state index in [4.69, 9.17) is 40.5 Å². The number of rotatable bonds is 7. The highest BCUT2D eigenvalue weighted by atomic mass is 35.5. The number of benzene rings is 1. The van der Waals surface area contributed by atoms with Gasteiger partial charge in [-0.15, -0.1) is 11.3 Å². The molecule has 0 spiro atoms. The van der Waals surface area contributed by atoms with E-state index in [2.05, 4.69) is 32.5 Å².